The number of hydrogen-bond acceptors (Lipinski definition) is 5. The molecule has 11 heteroatoms. The second kappa shape index (κ2) is 9.32. The molecule has 4 rings (SSSR count). The number of aryl methyl sites for hydroxylation is 1. The standard InChI is InChI=1S/C23H23F3N4O4/c1-2-8-30-19-18(21(32)29-22(30)33)16(10-17(28-19)14-6-7-14)20(31)27-11-13-4-3-5-15(9-13)34-12-23(24,25)26/h3-5,9-10,14H,2,6-8,11-12H2,1H3,(H,27,31)(H,29,32,33). The zero-order valence-electron chi connectivity index (χ0n) is 18.4. The molecule has 2 heterocycles. The van der Waals surface area contributed by atoms with Crippen LogP contribution in [0.2, 0.25) is 0 Å². The summed E-state index contributed by atoms with van der Waals surface area (Å²) in [6.45, 7) is 0.794. The Bertz CT molecular complexity index is 1340. The number of carbonyl (C=O) groups excluding carboxylic acids is 1. The fourth-order valence-electron chi connectivity index (χ4n) is 3.68. The first kappa shape index (κ1) is 23.5. The van der Waals surface area contributed by atoms with Crippen molar-refractivity contribution in [3.05, 3.63) is 68.0 Å². The van der Waals surface area contributed by atoms with E-state index in [0.29, 0.717) is 24.2 Å². The third-order valence-electron chi connectivity index (χ3n) is 5.41. The minimum absolute atomic E-state index is 0.00284. The summed E-state index contributed by atoms with van der Waals surface area (Å²) >= 11 is 0. The first-order chi connectivity index (χ1) is 16.2. The fourth-order valence-corrected chi connectivity index (χ4v) is 3.68. The number of nitrogens with zero attached hydrogens (tertiary/aromatic N) is 2. The maximum atomic E-state index is 13.1. The Morgan fingerprint density at radius 2 is 2.03 bits per heavy atom. The van der Waals surface area contributed by atoms with Crippen LogP contribution in [-0.4, -0.2) is 33.2 Å². The van der Waals surface area contributed by atoms with Crippen LogP contribution < -0.4 is 21.3 Å². The summed E-state index contributed by atoms with van der Waals surface area (Å²) in [6, 6.07) is 7.52. The molecule has 1 saturated carbocycles. The van der Waals surface area contributed by atoms with Gasteiger partial charge in [0, 0.05) is 24.7 Å². The number of halogens is 3. The van der Waals surface area contributed by atoms with E-state index >= 15 is 0 Å². The van der Waals surface area contributed by atoms with E-state index in [1.165, 1.54) is 22.8 Å². The number of H-pyrrole nitrogens is 1. The molecule has 2 N–H and O–H groups in total. The number of fused-ring (bicyclic) bond motifs is 1. The van der Waals surface area contributed by atoms with Crippen LogP contribution in [0.1, 0.15) is 53.7 Å². The summed E-state index contributed by atoms with van der Waals surface area (Å²) in [5.74, 6) is -0.361. The van der Waals surface area contributed by atoms with Gasteiger partial charge in [-0.2, -0.15) is 13.2 Å². The van der Waals surface area contributed by atoms with Crippen LogP contribution in [0.3, 0.4) is 0 Å². The molecule has 34 heavy (non-hydrogen) atoms. The number of amides is 1. The SMILES string of the molecule is CCCn1c(=O)[nH]c(=O)c2c(C(=O)NCc3cccc(OCC(F)(F)F)c3)cc(C3CC3)nc21. The Labute approximate surface area is 191 Å². The van der Waals surface area contributed by atoms with Gasteiger partial charge in [-0.15, -0.1) is 0 Å². The average molecular weight is 476 g/mol. The smallest absolute Gasteiger partial charge is 0.422 e. The van der Waals surface area contributed by atoms with Gasteiger partial charge in [-0.05, 0) is 43.0 Å². The molecule has 1 aliphatic carbocycles. The van der Waals surface area contributed by atoms with Crippen molar-refractivity contribution in [2.75, 3.05) is 6.61 Å². The quantitative estimate of drug-likeness (QED) is 0.519. The lowest BCUT2D eigenvalue weighted by Gasteiger charge is -2.13. The van der Waals surface area contributed by atoms with E-state index in [1.54, 1.807) is 12.1 Å². The Hall–Kier alpha value is -3.63. The highest BCUT2D eigenvalue weighted by Crippen LogP contribution is 2.39. The van der Waals surface area contributed by atoms with Gasteiger partial charge in [0.1, 0.15) is 5.75 Å². The van der Waals surface area contributed by atoms with Crippen LogP contribution in [0.25, 0.3) is 11.0 Å². The fraction of sp³-hybridized carbons (Fsp3) is 0.391. The first-order valence-electron chi connectivity index (χ1n) is 10.9. The van der Waals surface area contributed by atoms with Gasteiger partial charge < -0.3 is 10.1 Å². The molecule has 0 spiro atoms. The number of nitrogens with one attached hydrogen (secondary N) is 2. The lowest BCUT2D eigenvalue weighted by atomic mass is 10.1. The van der Waals surface area contributed by atoms with Gasteiger partial charge in [0.25, 0.3) is 11.5 Å². The third-order valence-corrected chi connectivity index (χ3v) is 5.41. The molecule has 0 bridgehead atoms. The molecule has 2 aromatic heterocycles. The van der Waals surface area contributed by atoms with Crippen LogP contribution in [0.15, 0.2) is 39.9 Å². The summed E-state index contributed by atoms with van der Waals surface area (Å²) in [7, 11) is 0. The van der Waals surface area contributed by atoms with Crippen LogP contribution in [0.5, 0.6) is 5.75 Å². The Morgan fingerprint density at radius 3 is 2.71 bits per heavy atom. The maximum absolute atomic E-state index is 13.1. The molecule has 3 aromatic rings. The number of aromatic nitrogens is 3. The van der Waals surface area contributed by atoms with Crippen LogP contribution in [0, 0.1) is 0 Å². The second-order valence-electron chi connectivity index (χ2n) is 8.21. The highest BCUT2D eigenvalue weighted by molar-refractivity contribution is 6.05. The van der Waals surface area contributed by atoms with E-state index in [1.807, 2.05) is 6.92 Å². The van der Waals surface area contributed by atoms with Crippen molar-refractivity contribution in [1.29, 1.82) is 0 Å². The molecule has 8 nitrogen and oxygen atoms in total. The predicted molar refractivity (Wildman–Crippen MR) is 118 cm³/mol. The van der Waals surface area contributed by atoms with Gasteiger partial charge in [0.15, 0.2) is 12.3 Å². The van der Waals surface area contributed by atoms with Crippen molar-refractivity contribution in [2.24, 2.45) is 0 Å². The lowest BCUT2D eigenvalue weighted by molar-refractivity contribution is -0.153. The van der Waals surface area contributed by atoms with Crippen molar-refractivity contribution in [3.63, 3.8) is 0 Å². The Kier molecular flexibility index (Phi) is 6.45. The molecule has 0 unspecified atom stereocenters. The molecular formula is C23H23F3N4O4. The zero-order chi connectivity index (χ0) is 24.5. The van der Waals surface area contributed by atoms with Gasteiger partial charge in [0.2, 0.25) is 0 Å². The molecule has 0 aliphatic heterocycles. The predicted octanol–water partition coefficient (Wildman–Crippen LogP) is 3.24. The maximum Gasteiger partial charge on any atom is 0.422 e. The van der Waals surface area contributed by atoms with Crippen LogP contribution in [-0.2, 0) is 13.1 Å². The molecule has 0 radical (unpaired) electrons. The number of alkyl halides is 3. The highest BCUT2D eigenvalue weighted by atomic mass is 19.4. The van der Waals surface area contributed by atoms with E-state index in [-0.39, 0.29) is 34.8 Å². The molecule has 1 fully saturated rings. The molecule has 0 atom stereocenters. The minimum Gasteiger partial charge on any atom is -0.484 e. The van der Waals surface area contributed by atoms with Crippen molar-refractivity contribution in [3.8, 4) is 5.75 Å². The molecule has 1 aromatic carbocycles. The number of carbonyl (C=O) groups is 1. The highest BCUT2D eigenvalue weighted by Gasteiger charge is 2.29. The molecule has 0 saturated heterocycles. The Morgan fingerprint density at radius 1 is 1.26 bits per heavy atom. The van der Waals surface area contributed by atoms with Crippen molar-refractivity contribution in [2.45, 2.75) is 51.4 Å². The number of pyridine rings is 1. The van der Waals surface area contributed by atoms with Crippen LogP contribution >= 0.6 is 0 Å². The monoisotopic (exact) mass is 476 g/mol. The van der Waals surface area contributed by atoms with Gasteiger partial charge in [-0.3, -0.25) is 19.1 Å². The third kappa shape index (κ3) is 5.29. The second-order valence-corrected chi connectivity index (χ2v) is 8.21. The number of ether oxygens (including phenoxy) is 1. The van der Waals surface area contributed by atoms with E-state index in [0.717, 1.165) is 12.8 Å². The molecule has 1 amide bonds. The largest absolute Gasteiger partial charge is 0.484 e. The summed E-state index contributed by atoms with van der Waals surface area (Å²) in [6.07, 6.45) is -2.01. The van der Waals surface area contributed by atoms with E-state index in [2.05, 4.69) is 15.3 Å². The Balaban J connectivity index is 1.63. The van der Waals surface area contributed by atoms with Crippen molar-refractivity contribution < 1.29 is 22.7 Å². The van der Waals surface area contributed by atoms with E-state index < -0.39 is 29.9 Å². The zero-order valence-corrected chi connectivity index (χ0v) is 18.4. The lowest BCUT2D eigenvalue weighted by Crippen LogP contribution is -2.33. The number of rotatable bonds is 8. The van der Waals surface area contributed by atoms with E-state index in [9.17, 15) is 27.6 Å². The van der Waals surface area contributed by atoms with Crippen LogP contribution in [0.4, 0.5) is 13.2 Å². The van der Waals surface area contributed by atoms with Crippen molar-refractivity contribution in [1.82, 2.24) is 19.9 Å². The molecule has 180 valence electrons. The topological polar surface area (TPSA) is 106 Å². The summed E-state index contributed by atoms with van der Waals surface area (Å²) in [4.78, 5) is 44.9. The van der Waals surface area contributed by atoms with Gasteiger partial charge >= 0.3 is 11.9 Å². The number of benzene rings is 1. The number of hydrogen-bond donors (Lipinski definition) is 2. The molecular weight excluding hydrogens is 453 g/mol. The normalized spacial score (nSPS) is 13.8. The minimum atomic E-state index is -4.46. The van der Waals surface area contributed by atoms with E-state index in [4.69, 9.17) is 4.74 Å². The first-order valence-corrected chi connectivity index (χ1v) is 10.9. The van der Waals surface area contributed by atoms with Crippen molar-refractivity contribution >= 4 is 16.9 Å². The summed E-state index contributed by atoms with van der Waals surface area (Å²) in [5.41, 5.74) is 0.160. The summed E-state index contributed by atoms with van der Waals surface area (Å²) in [5, 5.41) is 2.73. The molecule has 1 aliphatic rings. The average Bonchev–Trinajstić information content (AvgIpc) is 3.63. The van der Waals surface area contributed by atoms with Gasteiger partial charge in [-0.25, -0.2) is 9.78 Å². The van der Waals surface area contributed by atoms with Gasteiger partial charge in [-0.1, -0.05) is 19.1 Å². The van der Waals surface area contributed by atoms with Gasteiger partial charge in [0.05, 0.1) is 10.9 Å². The number of aromatic amines is 1. The summed E-state index contributed by atoms with van der Waals surface area (Å²) < 4.78 is 43.3.